The van der Waals surface area contributed by atoms with E-state index in [0.717, 1.165) is 37.8 Å². The van der Waals surface area contributed by atoms with Gasteiger partial charge in [0.1, 0.15) is 12.4 Å². The molecule has 8 heteroatoms. The van der Waals surface area contributed by atoms with Gasteiger partial charge in [0.25, 0.3) is 5.91 Å². The molecule has 2 heterocycles. The van der Waals surface area contributed by atoms with Crippen molar-refractivity contribution in [1.82, 2.24) is 10.1 Å². The minimum atomic E-state index is -4.43. The standard InChI is InChI=1S/C19H21F3N2O3/c20-19(21,22)14-7-6-8-15(11-14)26-13-16-12-17(23-27-16)18(25)24-9-4-2-1-3-5-10-24/h6-8,11-12H,1-5,9-10,13H2. The Labute approximate surface area is 155 Å². The third kappa shape index (κ3) is 5.24. The number of ether oxygens (including phenoxy) is 1. The molecule has 0 spiro atoms. The smallest absolute Gasteiger partial charge is 0.416 e. The van der Waals surface area contributed by atoms with Crippen molar-refractivity contribution < 1.29 is 27.2 Å². The predicted octanol–water partition coefficient (Wildman–Crippen LogP) is 4.68. The summed E-state index contributed by atoms with van der Waals surface area (Å²) in [6.07, 6.45) is 0.918. The summed E-state index contributed by atoms with van der Waals surface area (Å²) in [4.78, 5) is 14.3. The third-order valence-electron chi connectivity index (χ3n) is 4.46. The molecule has 0 atom stereocenters. The molecule has 0 aliphatic carbocycles. The molecule has 0 bridgehead atoms. The Kier molecular flexibility index (Phi) is 6.03. The van der Waals surface area contributed by atoms with Gasteiger partial charge in [-0.2, -0.15) is 13.2 Å². The molecule has 5 nitrogen and oxygen atoms in total. The maximum atomic E-state index is 12.7. The van der Waals surface area contributed by atoms with Crippen molar-refractivity contribution >= 4 is 5.91 Å². The monoisotopic (exact) mass is 382 g/mol. The summed E-state index contributed by atoms with van der Waals surface area (Å²) < 4.78 is 48.6. The van der Waals surface area contributed by atoms with Gasteiger partial charge < -0.3 is 14.2 Å². The fourth-order valence-corrected chi connectivity index (χ4v) is 3.01. The lowest BCUT2D eigenvalue weighted by Gasteiger charge is -2.23. The second-order valence-corrected chi connectivity index (χ2v) is 6.55. The van der Waals surface area contributed by atoms with Crippen LogP contribution in [0.3, 0.4) is 0 Å². The summed E-state index contributed by atoms with van der Waals surface area (Å²) in [5.41, 5.74) is -0.594. The zero-order valence-electron chi connectivity index (χ0n) is 14.8. The van der Waals surface area contributed by atoms with Crippen LogP contribution >= 0.6 is 0 Å². The summed E-state index contributed by atoms with van der Waals surface area (Å²) in [5.74, 6) is 0.159. The summed E-state index contributed by atoms with van der Waals surface area (Å²) in [5, 5.41) is 3.79. The Bertz CT molecular complexity index is 766. The molecule has 0 radical (unpaired) electrons. The minimum Gasteiger partial charge on any atom is -0.486 e. The molecule has 3 rings (SSSR count). The Morgan fingerprint density at radius 2 is 1.81 bits per heavy atom. The molecule has 0 N–H and O–H groups in total. The van der Waals surface area contributed by atoms with Crippen LogP contribution in [0.4, 0.5) is 13.2 Å². The van der Waals surface area contributed by atoms with Gasteiger partial charge in [-0.3, -0.25) is 4.79 Å². The lowest BCUT2D eigenvalue weighted by Crippen LogP contribution is -2.34. The number of alkyl halides is 3. The number of carbonyl (C=O) groups is 1. The van der Waals surface area contributed by atoms with E-state index in [1.165, 1.54) is 24.6 Å². The van der Waals surface area contributed by atoms with Gasteiger partial charge in [-0.05, 0) is 31.0 Å². The Morgan fingerprint density at radius 1 is 1.11 bits per heavy atom. The van der Waals surface area contributed by atoms with E-state index in [2.05, 4.69) is 5.16 Å². The van der Waals surface area contributed by atoms with Crippen LogP contribution in [-0.4, -0.2) is 29.1 Å². The number of hydrogen-bond donors (Lipinski definition) is 0. The number of carbonyl (C=O) groups excluding carboxylic acids is 1. The van der Waals surface area contributed by atoms with Crippen LogP contribution in [0.2, 0.25) is 0 Å². The van der Waals surface area contributed by atoms with Gasteiger partial charge >= 0.3 is 6.18 Å². The van der Waals surface area contributed by atoms with Gasteiger partial charge in [-0.25, -0.2) is 0 Å². The summed E-state index contributed by atoms with van der Waals surface area (Å²) in [7, 11) is 0. The molecule has 2 aromatic rings. The van der Waals surface area contributed by atoms with Crippen molar-refractivity contribution in [1.29, 1.82) is 0 Å². The fraction of sp³-hybridized carbons (Fsp3) is 0.474. The molecule has 0 unspecified atom stereocenters. The maximum absolute atomic E-state index is 12.7. The first kappa shape index (κ1) is 19.3. The van der Waals surface area contributed by atoms with Crippen LogP contribution in [0.1, 0.15) is 53.9 Å². The second kappa shape index (κ2) is 8.45. The Hall–Kier alpha value is -2.51. The van der Waals surface area contributed by atoms with Gasteiger partial charge in [0.2, 0.25) is 0 Å². The van der Waals surface area contributed by atoms with E-state index in [9.17, 15) is 18.0 Å². The van der Waals surface area contributed by atoms with Crippen LogP contribution in [0.25, 0.3) is 0 Å². The fourth-order valence-electron chi connectivity index (χ4n) is 3.01. The number of halogens is 3. The molecule has 1 amide bonds. The number of amides is 1. The molecule has 1 aromatic carbocycles. The average Bonchev–Trinajstić information content (AvgIpc) is 3.08. The number of rotatable bonds is 4. The van der Waals surface area contributed by atoms with Crippen molar-refractivity contribution in [3.63, 3.8) is 0 Å². The van der Waals surface area contributed by atoms with Crippen LogP contribution in [-0.2, 0) is 12.8 Å². The first-order chi connectivity index (χ1) is 12.9. The number of likely N-dealkylation sites (tertiary alicyclic amines) is 1. The molecule has 27 heavy (non-hydrogen) atoms. The van der Waals surface area contributed by atoms with Crippen molar-refractivity contribution in [2.24, 2.45) is 0 Å². The highest BCUT2D eigenvalue weighted by Crippen LogP contribution is 2.31. The molecular formula is C19H21F3N2O3. The second-order valence-electron chi connectivity index (χ2n) is 6.55. The first-order valence-electron chi connectivity index (χ1n) is 8.98. The topological polar surface area (TPSA) is 55.6 Å². The lowest BCUT2D eigenvalue weighted by atomic mass is 10.1. The number of nitrogens with zero attached hydrogens (tertiary/aromatic N) is 2. The molecule has 0 saturated carbocycles. The largest absolute Gasteiger partial charge is 0.486 e. The number of hydrogen-bond acceptors (Lipinski definition) is 4. The third-order valence-corrected chi connectivity index (χ3v) is 4.46. The zero-order valence-corrected chi connectivity index (χ0v) is 14.8. The quantitative estimate of drug-likeness (QED) is 0.771. The highest BCUT2D eigenvalue weighted by molar-refractivity contribution is 5.92. The van der Waals surface area contributed by atoms with Crippen molar-refractivity contribution in [3.8, 4) is 5.75 Å². The van der Waals surface area contributed by atoms with Gasteiger partial charge in [0, 0.05) is 19.2 Å². The molecule has 146 valence electrons. The highest BCUT2D eigenvalue weighted by Gasteiger charge is 2.30. The van der Waals surface area contributed by atoms with Crippen LogP contribution in [0, 0.1) is 0 Å². The lowest BCUT2D eigenvalue weighted by molar-refractivity contribution is -0.137. The van der Waals surface area contributed by atoms with E-state index < -0.39 is 11.7 Å². The van der Waals surface area contributed by atoms with Crippen molar-refractivity contribution in [2.75, 3.05) is 13.1 Å². The normalized spacial score (nSPS) is 15.9. The Morgan fingerprint density at radius 3 is 2.52 bits per heavy atom. The van der Waals surface area contributed by atoms with E-state index in [4.69, 9.17) is 9.26 Å². The van der Waals surface area contributed by atoms with E-state index in [-0.39, 0.29) is 29.7 Å². The zero-order chi connectivity index (χ0) is 19.3. The predicted molar refractivity (Wildman–Crippen MR) is 91.3 cm³/mol. The summed E-state index contributed by atoms with van der Waals surface area (Å²) in [6.45, 7) is 1.28. The minimum absolute atomic E-state index is 0.0675. The van der Waals surface area contributed by atoms with Gasteiger partial charge in [-0.1, -0.05) is 30.5 Å². The number of aromatic nitrogens is 1. The SMILES string of the molecule is O=C(c1cc(COc2cccc(C(F)(F)F)c2)on1)N1CCCCCCC1. The van der Waals surface area contributed by atoms with Crippen LogP contribution < -0.4 is 4.74 Å². The van der Waals surface area contributed by atoms with E-state index in [0.29, 0.717) is 13.1 Å². The van der Waals surface area contributed by atoms with Crippen LogP contribution in [0.15, 0.2) is 34.9 Å². The van der Waals surface area contributed by atoms with E-state index in [1.54, 1.807) is 4.90 Å². The van der Waals surface area contributed by atoms with E-state index >= 15 is 0 Å². The van der Waals surface area contributed by atoms with Crippen molar-refractivity contribution in [2.45, 2.75) is 44.9 Å². The molecule has 1 fully saturated rings. The maximum Gasteiger partial charge on any atom is 0.416 e. The van der Waals surface area contributed by atoms with Gasteiger partial charge in [-0.15, -0.1) is 0 Å². The van der Waals surface area contributed by atoms with Gasteiger partial charge in [0.15, 0.2) is 11.5 Å². The molecule has 1 saturated heterocycles. The van der Waals surface area contributed by atoms with Gasteiger partial charge in [0.05, 0.1) is 5.56 Å². The highest BCUT2D eigenvalue weighted by atomic mass is 19.4. The number of benzene rings is 1. The Balaban J connectivity index is 1.60. The molecule has 1 aromatic heterocycles. The van der Waals surface area contributed by atoms with Crippen LogP contribution in [0.5, 0.6) is 5.75 Å². The molecule has 1 aliphatic rings. The molecule has 1 aliphatic heterocycles. The average molecular weight is 382 g/mol. The first-order valence-corrected chi connectivity index (χ1v) is 8.98. The summed E-state index contributed by atoms with van der Waals surface area (Å²) in [6, 6.07) is 6.08. The van der Waals surface area contributed by atoms with Crippen molar-refractivity contribution in [3.05, 3.63) is 47.3 Å². The van der Waals surface area contributed by atoms with E-state index in [1.807, 2.05) is 0 Å². The summed E-state index contributed by atoms with van der Waals surface area (Å²) >= 11 is 0. The molecular weight excluding hydrogens is 361 g/mol.